The molecule has 1 fully saturated rings. The minimum absolute atomic E-state index is 0.336. The van der Waals surface area contributed by atoms with E-state index in [-0.39, 0.29) is 0 Å². The maximum absolute atomic E-state index is 8.68. The van der Waals surface area contributed by atoms with Crippen molar-refractivity contribution in [2.45, 2.75) is 26.7 Å². The monoisotopic (exact) mass is 171 g/mol. The lowest BCUT2D eigenvalue weighted by molar-refractivity contribution is 0.240. The maximum atomic E-state index is 8.68. The van der Waals surface area contributed by atoms with Crippen molar-refractivity contribution in [3.05, 3.63) is 0 Å². The molecule has 0 saturated carbocycles. The summed E-state index contributed by atoms with van der Waals surface area (Å²) in [6, 6.07) is 0. The highest BCUT2D eigenvalue weighted by Gasteiger charge is 2.23. The second kappa shape index (κ2) is 4.83. The number of hydrogen-bond acceptors (Lipinski definition) is 2. The SMILES string of the molecule is CC(C)C1CCN(CCCO)C1. The Morgan fingerprint density at radius 1 is 1.50 bits per heavy atom. The summed E-state index contributed by atoms with van der Waals surface area (Å²) in [4.78, 5) is 2.47. The molecule has 12 heavy (non-hydrogen) atoms. The van der Waals surface area contributed by atoms with Crippen LogP contribution in [0.25, 0.3) is 0 Å². The predicted molar refractivity (Wildman–Crippen MR) is 51.1 cm³/mol. The van der Waals surface area contributed by atoms with Gasteiger partial charge < -0.3 is 10.0 Å². The van der Waals surface area contributed by atoms with E-state index in [2.05, 4.69) is 18.7 Å². The van der Waals surface area contributed by atoms with E-state index < -0.39 is 0 Å². The minimum atomic E-state index is 0.336. The van der Waals surface area contributed by atoms with Crippen LogP contribution in [0.3, 0.4) is 0 Å². The Morgan fingerprint density at radius 2 is 2.25 bits per heavy atom. The van der Waals surface area contributed by atoms with Gasteiger partial charge in [-0.15, -0.1) is 0 Å². The lowest BCUT2D eigenvalue weighted by Crippen LogP contribution is -2.23. The first-order valence-corrected chi connectivity index (χ1v) is 5.07. The van der Waals surface area contributed by atoms with Gasteiger partial charge in [-0.05, 0) is 31.2 Å². The van der Waals surface area contributed by atoms with Crippen LogP contribution in [0.5, 0.6) is 0 Å². The molecule has 2 nitrogen and oxygen atoms in total. The molecule has 1 saturated heterocycles. The predicted octanol–water partition coefficient (Wildman–Crippen LogP) is 1.35. The third-order valence-corrected chi connectivity index (χ3v) is 2.88. The number of aliphatic hydroxyl groups excluding tert-OH is 1. The van der Waals surface area contributed by atoms with E-state index in [1.165, 1.54) is 19.5 Å². The molecule has 0 spiro atoms. The molecule has 1 heterocycles. The Labute approximate surface area is 75.6 Å². The number of rotatable bonds is 4. The van der Waals surface area contributed by atoms with Crippen LogP contribution in [-0.4, -0.2) is 36.2 Å². The van der Waals surface area contributed by atoms with Crippen molar-refractivity contribution in [1.29, 1.82) is 0 Å². The lowest BCUT2D eigenvalue weighted by atomic mass is 9.95. The summed E-state index contributed by atoms with van der Waals surface area (Å²) in [6.07, 6.45) is 2.29. The molecule has 0 aromatic rings. The molecule has 0 bridgehead atoms. The quantitative estimate of drug-likeness (QED) is 0.690. The zero-order valence-corrected chi connectivity index (χ0v) is 8.29. The van der Waals surface area contributed by atoms with E-state index in [1.54, 1.807) is 0 Å². The summed E-state index contributed by atoms with van der Waals surface area (Å²) >= 11 is 0. The van der Waals surface area contributed by atoms with Gasteiger partial charge in [0.05, 0.1) is 0 Å². The van der Waals surface area contributed by atoms with Crippen molar-refractivity contribution in [1.82, 2.24) is 4.90 Å². The summed E-state index contributed by atoms with van der Waals surface area (Å²) in [5.74, 6) is 1.72. The minimum Gasteiger partial charge on any atom is -0.396 e. The first-order valence-electron chi connectivity index (χ1n) is 5.07. The van der Waals surface area contributed by atoms with Crippen LogP contribution in [0.1, 0.15) is 26.7 Å². The van der Waals surface area contributed by atoms with E-state index in [0.717, 1.165) is 24.8 Å². The summed E-state index contributed by atoms with van der Waals surface area (Å²) in [5.41, 5.74) is 0. The Kier molecular flexibility index (Phi) is 4.02. The maximum Gasteiger partial charge on any atom is 0.0443 e. The molecular formula is C10H21NO. The Hall–Kier alpha value is -0.0800. The highest BCUT2D eigenvalue weighted by atomic mass is 16.3. The van der Waals surface area contributed by atoms with Gasteiger partial charge in [-0.2, -0.15) is 0 Å². The summed E-state index contributed by atoms with van der Waals surface area (Å²) in [6.45, 7) is 8.52. The molecule has 0 aliphatic carbocycles. The number of nitrogens with zero attached hydrogens (tertiary/aromatic N) is 1. The Bertz CT molecular complexity index is 125. The summed E-state index contributed by atoms with van der Waals surface area (Å²) in [5, 5.41) is 8.68. The van der Waals surface area contributed by atoms with Gasteiger partial charge >= 0.3 is 0 Å². The Morgan fingerprint density at radius 3 is 2.75 bits per heavy atom. The molecule has 0 radical (unpaired) electrons. The molecule has 1 aliphatic rings. The number of likely N-dealkylation sites (tertiary alicyclic amines) is 1. The lowest BCUT2D eigenvalue weighted by Gasteiger charge is -2.16. The summed E-state index contributed by atoms with van der Waals surface area (Å²) < 4.78 is 0. The van der Waals surface area contributed by atoms with Crippen LogP contribution in [0.4, 0.5) is 0 Å². The molecule has 1 atom stereocenters. The topological polar surface area (TPSA) is 23.5 Å². The standard InChI is InChI=1S/C10H21NO/c1-9(2)10-4-6-11(8-10)5-3-7-12/h9-10,12H,3-8H2,1-2H3. The third kappa shape index (κ3) is 2.76. The normalized spacial score (nSPS) is 25.5. The molecule has 1 rings (SSSR count). The third-order valence-electron chi connectivity index (χ3n) is 2.88. The van der Waals surface area contributed by atoms with Gasteiger partial charge in [0, 0.05) is 19.7 Å². The fraction of sp³-hybridized carbons (Fsp3) is 1.00. The molecule has 1 N–H and O–H groups in total. The molecule has 72 valence electrons. The van der Waals surface area contributed by atoms with Crippen LogP contribution in [0.15, 0.2) is 0 Å². The molecule has 0 aromatic carbocycles. The molecule has 1 unspecified atom stereocenters. The largest absolute Gasteiger partial charge is 0.396 e. The van der Waals surface area contributed by atoms with Gasteiger partial charge in [-0.3, -0.25) is 0 Å². The van der Waals surface area contributed by atoms with Crippen LogP contribution in [0.2, 0.25) is 0 Å². The average molecular weight is 171 g/mol. The smallest absolute Gasteiger partial charge is 0.0443 e. The van der Waals surface area contributed by atoms with E-state index >= 15 is 0 Å². The Balaban J connectivity index is 2.17. The van der Waals surface area contributed by atoms with Crippen molar-refractivity contribution >= 4 is 0 Å². The van der Waals surface area contributed by atoms with E-state index in [9.17, 15) is 0 Å². The first-order chi connectivity index (χ1) is 5.74. The molecule has 2 heteroatoms. The van der Waals surface area contributed by atoms with Crippen molar-refractivity contribution in [2.24, 2.45) is 11.8 Å². The zero-order valence-electron chi connectivity index (χ0n) is 8.29. The highest BCUT2D eigenvalue weighted by molar-refractivity contribution is 4.77. The molecular weight excluding hydrogens is 150 g/mol. The van der Waals surface area contributed by atoms with Crippen LogP contribution in [-0.2, 0) is 0 Å². The highest BCUT2D eigenvalue weighted by Crippen LogP contribution is 2.23. The van der Waals surface area contributed by atoms with Crippen molar-refractivity contribution in [3.63, 3.8) is 0 Å². The van der Waals surface area contributed by atoms with Crippen LogP contribution < -0.4 is 0 Å². The van der Waals surface area contributed by atoms with Crippen LogP contribution >= 0.6 is 0 Å². The van der Waals surface area contributed by atoms with Gasteiger partial charge in [-0.25, -0.2) is 0 Å². The molecule has 0 amide bonds. The van der Waals surface area contributed by atoms with Crippen molar-refractivity contribution in [2.75, 3.05) is 26.2 Å². The van der Waals surface area contributed by atoms with Crippen molar-refractivity contribution in [3.8, 4) is 0 Å². The van der Waals surface area contributed by atoms with Crippen LogP contribution in [0, 0.1) is 11.8 Å². The molecule has 1 aliphatic heterocycles. The number of aliphatic hydroxyl groups is 1. The average Bonchev–Trinajstić information content (AvgIpc) is 2.48. The second-order valence-corrected chi connectivity index (χ2v) is 4.17. The fourth-order valence-corrected chi connectivity index (χ4v) is 1.90. The molecule has 0 aromatic heterocycles. The first kappa shape index (κ1) is 10.0. The second-order valence-electron chi connectivity index (χ2n) is 4.17. The van der Waals surface area contributed by atoms with Gasteiger partial charge in [0.2, 0.25) is 0 Å². The van der Waals surface area contributed by atoms with E-state index in [1.807, 2.05) is 0 Å². The van der Waals surface area contributed by atoms with Gasteiger partial charge in [-0.1, -0.05) is 13.8 Å². The number of hydrogen-bond donors (Lipinski definition) is 1. The van der Waals surface area contributed by atoms with Gasteiger partial charge in [0.1, 0.15) is 0 Å². The van der Waals surface area contributed by atoms with E-state index in [4.69, 9.17) is 5.11 Å². The zero-order chi connectivity index (χ0) is 8.97. The van der Waals surface area contributed by atoms with Gasteiger partial charge in [0.25, 0.3) is 0 Å². The summed E-state index contributed by atoms with van der Waals surface area (Å²) in [7, 11) is 0. The fourth-order valence-electron chi connectivity index (χ4n) is 1.90. The van der Waals surface area contributed by atoms with Crippen molar-refractivity contribution < 1.29 is 5.11 Å². The van der Waals surface area contributed by atoms with Gasteiger partial charge in [0.15, 0.2) is 0 Å². The van der Waals surface area contributed by atoms with E-state index in [0.29, 0.717) is 6.61 Å².